The Morgan fingerprint density at radius 3 is 2.00 bits per heavy atom. The number of para-hydroxylation sites is 3. The second kappa shape index (κ2) is 12.1. The highest BCUT2D eigenvalue weighted by molar-refractivity contribution is 6.13. The maximum absolute atomic E-state index is 14.4. The maximum Gasteiger partial charge on any atom is 0.450 e. The lowest BCUT2D eigenvalue weighted by Crippen LogP contribution is -2.30. The van der Waals surface area contributed by atoms with Crippen molar-refractivity contribution >= 4 is 44.0 Å². The molecular formula is C44H42F3N4O+. The van der Waals surface area contributed by atoms with Gasteiger partial charge in [-0.05, 0) is 66.1 Å². The van der Waals surface area contributed by atoms with Gasteiger partial charge in [-0.3, -0.25) is 4.57 Å². The molecule has 8 heteroatoms. The van der Waals surface area contributed by atoms with Crippen molar-refractivity contribution in [2.24, 2.45) is 7.05 Å². The Kier molecular flexibility index (Phi) is 7.86. The van der Waals surface area contributed by atoms with Crippen LogP contribution < -0.4 is 4.57 Å². The molecule has 0 aliphatic rings. The van der Waals surface area contributed by atoms with Gasteiger partial charge in [-0.15, -0.1) is 0 Å². The van der Waals surface area contributed by atoms with Crippen LogP contribution in [-0.4, -0.2) is 14.1 Å². The van der Waals surface area contributed by atoms with E-state index in [4.69, 9.17) is 4.42 Å². The second-order valence-corrected chi connectivity index (χ2v) is 14.9. The molecule has 0 aliphatic heterocycles. The number of hydrogen-bond acceptors (Lipinski definition) is 2. The number of aromatic nitrogens is 4. The fourth-order valence-electron chi connectivity index (χ4n) is 7.81. The molecule has 0 N–H and O–H groups in total. The summed E-state index contributed by atoms with van der Waals surface area (Å²) in [5.74, 6) is 0.893. The molecule has 5 aromatic carbocycles. The Balaban J connectivity index is 1.48. The highest BCUT2D eigenvalue weighted by Gasteiger charge is 2.39. The van der Waals surface area contributed by atoms with Crippen LogP contribution in [0.25, 0.3) is 66.8 Å². The average Bonchev–Trinajstić information content (AvgIpc) is 3.76. The number of aryl methyl sites for hydroxylation is 2. The van der Waals surface area contributed by atoms with E-state index in [0.29, 0.717) is 33.7 Å². The molecule has 0 amide bonds. The first-order chi connectivity index (χ1) is 24.8. The number of benzene rings is 5. The van der Waals surface area contributed by atoms with E-state index in [1.165, 1.54) is 26.9 Å². The van der Waals surface area contributed by atoms with Gasteiger partial charge in [0.25, 0.3) is 5.82 Å². The zero-order valence-corrected chi connectivity index (χ0v) is 30.7. The van der Waals surface area contributed by atoms with E-state index in [0.717, 1.165) is 33.4 Å². The Morgan fingerprint density at radius 2 is 1.37 bits per heavy atom. The Hall–Kier alpha value is -5.37. The topological polar surface area (TPSA) is 39.8 Å². The van der Waals surface area contributed by atoms with Gasteiger partial charge in [-0.1, -0.05) is 96.1 Å². The van der Waals surface area contributed by atoms with Gasteiger partial charge in [-0.2, -0.15) is 17.7 Å². The second-order valence-electron chi connectivity index (χ2n) is 14.9. The van der Waals surface area contributed by atoms with Gasteiger partial charge in [0.15, 0.2) is 16.6 Å². The van der Waals surface area contributed by atoms with E-state index in [1.807, 2.05) is 6.07 Å². The monoisotopic (exact) mass is 699 g/mol. The quantitative estimate of drug-likeness (QED) is 0.162. The van der Waals surface area contributed by atoms with Crippen LogP contribution >= 0.6 is 0 Å². The van der Waals surface area contributed by atoms with Gasteiger partial charge in [0.1, 0.15) is 16.8 Å². The number of nitrogens with zero attached hydrogens (tertiary/aromatic N) is 4. The summed E-state index contributed by atoms with van der Waals surface area (Å²) in [6.45, 7) is 15.6. The van der Waals surface area contributed by atoms with Crippen molar-refractivity contribution in [2.75, 3.05) is 0 Å². The maximum atomic E-state index is 14.4. The van der Waals surface area contributed by atoms with Crippen LogP contribution in [0.3, 0.4) is 0 Å². The van der Waals surface area contributed by atoms with E-state index in [2.05, 4.69) is 112 Å². The van der Waals surface area contributed by atoms with Crippen molar-refractivity contribution in [3.05, 3.63) is 119 Å². The predicted molar refractivity (Wildman–Crippen MR) is 204 cm³/mol. The average molecular weight is 700 g/mol. The van der Waals surface area contributed by atoms with Crippen molar-refractivity contribution in [3.63, 3.8) is 0 Å². The lowest BCUT2D eigenvalue weighted by molar-refractivity contribution is -0.633. The van der Waals surface area contributed by atoms with E-state index >= 15 is 0 Å². The summed E-state index contributed by atoms with van der Waals surface area (Å²) in [6.07, 6.45) is -4.65. The lowest BCUT2D eigenvalue weighted by atomic mass is 9.87. The minimum atomic E-state index is -4.65. The van der Waals surface area contributed by atoms with Gasteiger partial charge >= 0.3 is 6.18 Å². The highest BCUT2D eigenvalue weighted by atomic mass is 19.4. The van der Waals surface area contributed by atoms with Gasteiger partial charge < -0.3 is 4.42 Å². The third-order valence-corrected chi connectivity index (χ3v) is 10.5. The smallest absolute Gasteiger partial charge is 0.450 e. The van der Waals surface area contributed by atoms with Crippen LogP contribution in [0.1, 0.15) is 87.4 Å². The summed E-state index contributed by atoms with van der Waals surface area (Å²) in [4.78, 5) is 4.15. The lowest BCUT2D eigenvalue weighted by Gasteiger charge is -2.21. The number of alkyl halides is 3. The molecule has 8 aromatic rings. The van der Waals surface area contributed by atoms with Gasteiger partial charge in [-0.25, -0.2) is 9.55 Å². The van der Waals surface area contributed by atoms with E-state index in [9.17, 15) is 13.2 Å². The third-order valence-electron chi connectivity index (χ3n) is 10.5. The molecule has 0 radical (unpaired) electrons. The molecule has 0 saturated carbocycles. The molecule has 3 heterocycles. The van der Waals surface area contributed by atoms with E-state index in [1.54, 1.807) is 42.5 Å². The third kappa shape index (κ3) is 5.13. The molecule has 0 spiro atoms. The number of hydrogen-bond donors (Lipinski definition) is 0. The summed E-state index contributed by atoms with van der Waals surface area (Å²) in [7, 11) is 2.10. The number of imidazole rings is 2. The SMILES string of the molecule is Cc1ccc2c(oc3cc4c(cc32)nc(C(F)(F)F)n4-c2ccccc2)c1-c1n(-c2c(C(C)C)cc(C(C)C)cc2C(C)C)c2ccccc2[n+]1C. The van der Waals surface area contributed by atoms with Crippen LogP contribution in [0, 0.1) is 6.92 Å². The summed E-state index contributed by atoms with van der Waals surface area (Å²) in [5, 5.41) is 1.54. The number of rotatable bonds is 6. The predicted octanol–water partition coefficient (Wildman–Crippen LogP) is 12.1. The Bertz CT molecular complexity index is 2640. The molecule has 0 saturated heterocycles. The van der Waals surface area contributed by atoms with Crippen molar-refractivity contribution < 1.29 is 22.2 Å². The summed E-state index contributed by atoms with van der Waals surface area (Å²) >= 11 is 0. The number of halogens is 3. The molecule has 264 valence electrons. The minimum Gasteiger partial charge on any atom is -0.455 e. The Morgan fingerprint density at radius 1 is 0.712 bits per heavy atom. The first-order valence-electron chi connectivity index (χ1n) is 17.9. The van der Waals surface area contributed by atoms with Crippen LogP contribution in [0.15, 0.2) is 95.4 Å². The van der Waals surface area contributed by atoms with Crippen molar-refractivity contribution in [2.45, 2.75) is 72.4 Å². The van der Waals surface area contributed by atoms with Crippen molar-refractivity contribution in [1.82, 2.24) is 14.1 Å². The van der Waals surface area contributed by atoms with Crippen LogP contribution in [0.5, 0.6) is 0 Å². The molecule has 5 nitrogen and oxygen atoms in total. The first kappa shape index (κ1) is 33.8. The minimum absolute atomic E-state index is 0.251. The Labute approximate surface area is 300 Å². The van der Waals surface area contributed by atoms with Gasteiger partial charge in [0, 0.05) is 33.7 Å². The molecular weight excluding hydrogens is 658 g/mol. The van der Waals surface area contributed by atoms with E-state index in [-0.39, 0.29) is 17.4 Å². The first-order valence-corrected chi connectivity index (χ1v) is 17.9. The molecule has 0 aliphatic carbocycles. The van der Waals surface area contributed by atoms with E-state index < -0.39 is 12.0 Å². The molecule has 52 heavy (non-hydrogen) atoms. The molecule has 0 unspecified atom stereocenters. The zero-order chi connectivity index (χ0) is 36.8. The van der Waals surface area contributed by atoms with Crippen LogP contribution in [-0.2, 0) is 13.2 Å². The molecule has 0 fully saturated rings. The zero-order valence-electron chi connectivity index (χ0n) is 30.7. The number of fused-ring (bicyclic) bond motifs is 5. The summed E-state index contributed by atoms with van der Waals surface area (Å²) < 4.78 is 55.8. The molecule has 0 atom stereocenters. The largest absolute Gasteiger partial charge is 0.455 e. The summed E-state index contributed by atoms with van der Waals surface area (Å²) in [5.41, 5.74) is 11.3. The molecule has 8 rings (SSSR count). The standard InChI is InChI=1S/C44H42F3N4O/c1-24(2)28-20-31(25(3)4)40(32(21-28)26(5)6)51-36-17-13-12-16-35(36)49(8)42(51)39-27(7)18-19-30-33-22-34-37(23-38(33)52-41(30)39)50(29-14-10-9-11-15-29)43(48-34)44(45,46)47/h9-26H,1-8H3/q+1. The fraction of sp³-hybridized carbons (Fsp3) is 0.273. The van der Waals surface area contributed by atoms with Gasteiger partial charge in [0.2, 0.25) is 5.82 Å². The van der Waals surface area contributed by atoms with Crippen molar-refractivity contribution in [3.8, 4) is 22.8 Å². The number of furan rings is 1. The fourth-order valence-corrected chi connectivity index (χ4v) is 7.81. The summed E-state index contributed by atoms with van der Waals surface area (Å²) in [6, 6.07) is 29.3. The van der Waals surface area contributed by atoms with Gasteiger partial charge in [0.05, 0.1) is 18.1 Å². The molecule has 0 bridgehead atoms. The molecule has 3 aromatic heterocycles. The normalized spacial score (nSPS) is 12.7. The van der Waals surface area contributed by atoms with Crippen LogP contribution in [0.2, 0.25) is 0 Å². The van der Waals surface area contributed by atoms with Crippen LogP contribution in [0.4, 0.5) is 13.2 Å². The highest BCUT2D eigenvalue weighted by Crippen LogP contribution is 2.44. The van der Waals surface area contributed by atoms with Crippen molar-refractivity contribution in [1.29, 1.82) is 0 Å².